The molecule has 1 aromatic rings. The van der Waals surface area contributed by atoms with E-state index in [9.17, 15) is 0 Å². The molecule has 2 rings (SSSR count). The molecule has 4 nitrogen and oxygen atoms in total. The molecule has 4 heteroatoms. The highest BCUT2D eigenvalue weighted by Crippen LogP contribution is 2.21. The summed E-state index contributed by atoms with van der Waals surface area (Å²) < 4.78 is 5.67. The van der Waals surface area contributed by atoms with E-state index in [0.29, 0.717) is 23.6 Å². The number of nitriles is 1. The van der Waals surface area contributed by atoms with Gasteiger partial charge in [-0.1, -0.05) is 6.42 Å². The maximum Gasteiger partial charge on any atom is 0.139 e. The zero-order valence-electron chi connectivity index (χ0n) is 11.3. The first-order valence-electron chi connectivity index (χ1n) is 6.94. The third-order valence-corrected chi connectivity index (χ3v) is 3.45. The first-order chi connectivity index (χ1) is 9.29. The molecular formula is C15H21N3O. The number of rotatable bonds is 5. The molecule has 0 bridgehead atoms. The predicted molar refractivity (Wildman–Crippen MR) is 76.0 cm³/mol. The van der Waals surface area contributed by atoms with Crippen LogP contribution in [0.4, 0.5) is 5.69 Å². The first-order valence-corrected chi connectivity index (χ1v) is 6.94. The quantitative estimate of drug-likeness (QED) is 0.651. The summed E-state index contributed by atoms with van der Waals surface area (Å²) in [5.41, 5.74) is 6.88. The van der Waals surface area contributed by atoms with Crippen molar-refractivity contribution < 1.29 is 4.74 Å². The van der Waals surface area contributed by atoms with Gasteiger partial charge in [-0.25, -0.2) is 0 Å². The summed E-state index contributed by atoms with van der Waals surface area (Å²) in [5.74, 6) is 0.598. The van der Waals surface area contributed by atoms with Crippen LogP contribution in [0.15, 0.2) is 18.2 Å². The Morgan fingerprint density at radius 1 is 1.26 bits per heavy atom. The van der Waals surface area contributed by atoms with E-state index in [-0.39, 0.29) is 0 Å². The van der Waals surface area contributed by atoms with Gasteiger partial charge in [-0.2, -0.15) is 5.26 Å². The fourth-order valence-corrected chi connectivity index (χ4v) is 2.40. The lowest BCUT2D eigenvalue weighted by atomic mass is 10.1. The third-order valence-electron chi connectivity index (χ3n) is 3.45. The second-order valence-corrected chi connectivity index (χ2v) is 4.97. The molecule has 2 N–H and O–H groups in total. The number of anilines is 1. The summed E-state index contributed by atoms with van der Waals surface area (Å²) in [7, 11) is 0. The van der Waals surface area contributed by atoms with Gasteiger partial charge in [-0.05, 0) is 44.5 Å². The molecule has 0 aliphatic carbocycles. The average molecular weight is 259 g/mol. The average Bonchev–Trinajstić information content (AvgIpc) is 2.45. The van der Waals surface area contributed by atoms with Crippen molar-refractivity contribution >= 4 is 5.69 Å². The summed E-state index contributed by atoms with van der Waals surface area (Å²) in [6.07, 6.45) is 4.98. The molecular weight excluding hydrogens is 238 g/mol. The van der Waals surface area contributed by atoms with Crippen molar-refractivity contribution in [1.82, 2.24) is 4.90 Å². The molecule has 1 heterocycles. The van der Waals surface area contributed by atoms with Gasteiger partial charge >= 0.3 is 0 Å². The lowest BCUT2D eigenvalue weighted by Gasteiger charge is -2.26. The number of likely N-dealkylation sites (tertiary alicyclic amines) is 1. The van der Waals surface area contributed by atoms with Crippen molar-refractivity contribution in [3.8, 4) is 11.8 Å². The van der Waals surface area contributed by atoms with Crippen LogP contribution in [-0.4, -0.2) is 31.1 Å². The molecule has 0 unspecified atom stereocenters. The Balaban J connectivity index is 1.76. The molecule has 1 aromatic carbocycles. The van der Waals surface area contributed by atoms with Crippen LogP contribution in [0.2, 0.25) is 0 Å². The Labute approximate surface area is 114 Å². The number of nitrogens with two attached hydrogens (primary N) is 1. The van der Waals surface area contributed by atoms with Crippen molar-refractivity contribution in [2.75, 3.05) is 32.0 Å². The van der Waals surface area contributed by atoms with Gasteiger partial charge in [0, 0.05) is 18.3 Å². The Bertz CT molecular complexity index is 447. The Morgan fingerprint density at radius 2 is 2.05 bits per heavy atom. The van der Waals surface area contributed by atoms with Gasteiger partial charge in [0.05, 0.1) is 12.2 Å². The van der Waals surface area contributed by atoms with Crippen LogP contribution in [0, 0.1) is 11.3 Å². The number of nitrogens with zero attached hydrogens (tertiary/aromatic N) is 2. The van der Waals surface area contributed by atoms with Crippen molar-refractivity contribution in [2.45, 2.75) is 25.7 Å². The van der Waals surface area contributed by atoms with Crippen molar-refractivity contribution in [2.24, 2.45) is 0 Å². The molecule has 0 radical (unpaired) electrons. The number of nitrogen functional groups attached to an aromatic ring is 1. The highest BCUT2D eigenvalue weighted by molar-refractivity contribution is 5.52. The van der Waals surface area contributed by atoms with E-state index in [2.05, 4.69) is 11.0 Å². The normalized spacial score (nSPS) is 15.9. The molecule has 19 heavy (non-hydrogen) atoms. The molecule has 0 spiro atoms. The lowest BCUT2D eigenvalue weighted by Crippen LogP contribution is -2.31. The van der Waals surface area contributed by atoms with E-state index in [4.69, 9.17) is 15.7 Å². The molecule has 1 saturated heterocycles. The second kappa shape index (κ2) is 7.01. The van der Waals surface area contributed by atoms with E-state index < -0.39 is 0 Å². The van der Waals surface area contributed by atoms with E-state index in [0.717, 1.165) is 13.0 Å². The summed E-state index contributed by atoms with van der Waals surface area (Å²) >= 11 is 0. The van der Waals surface area contributed by atoms with Crippen LogP contribution in [0.1, 0.15) is 31.2 Å². The minimum Gasteiger partial charge on any atom is -0.492 e. The molecule has 0 atom stereocenters. The maximum absolute atomic E-state index is 8.99. The van der Waals surface area contributed by atoms with Crippen LogP contribution in [0.3, 0.4) is 0 Å². The van der Waals surface area contributed by atoms with Gasteiger partial charge in [-0.15, -0.1) is 0 Å². The third kappa shape index (κ3) is 4.15. The van der Waals surface area contributed by atoms with Crippen molar-refractivity contribution in [1.29, 1.82) is 5.26 Å². The number of piperidine rings is 1. The summed E-state index contributed by atoms with van der Waals surface area (Å²) in [6.45, 7) is 4.13. The number of hydrogen-bond acceptors (Lipinski definition) is 4. The summed E-state index contributed by atoms with van der Waals surface area (Å²) in [5, 5.41) is 8.99. The summed E-state index contributed by atoms with van der Waals surface area (Å²) in [4.78, 5) is 2.48. The number of hydrogen-bond donors (Lipinski definition) is 1. The molecule has 0 amide bonds. The molecule has 1 aliphatic rings. The van der Waals surface area contributed by atoms with Gasteiger partial charge < -0.3 is 15.4 Å². The highest BCUT2D eigenvalue weighted by Gasteiger charge is 2.09. The van der Waals surface area contributed by atoms with E-state index >= 15 is 0 Å². The SMILES string of the molecule is N#Cc1ccc(N)cc1OCCCN1CCCCC1. The fourth-order valence-electron chi connectivity index (χ4n) is 2.40. The van der Waals surface area contributed by atoms with Crippen molar-refractivity contribution in [3.63, 3.8) is 0 Å². The molecule has 1 fully saturated rings. The van der Waals surface area contributed by atoms with Gasteiger partial charge in [0.2, 0.25) is 0 Å². The molecule has 0 saturated carbocycles. The zero-order valence-corrected chi connectivity index (χ0v) is 11.3. The number of ether oxygens (including phenoxy) is 1. The molecule has 0 aromatic heterocycles. The number of benzene rings is 1. The van der Waals surface area contributed by atoms with Gasteiger partial charge in [0.25, 0.3) is 0 Å². The van der Waals surface area contributed by atoms with E-state index in [1.54, 1.807) is 18.2 Å². The van der Waals surface area contributed by atoms with Gasteiger partial charge in [0.1, 0.15) is 11.8 Å². The standard InChI is InChI=1S/C15H21N3O/c16-12-13-5-6-14(17)11-15(13)19-10-4-9-18-7-2-1-3-8-18/h5-6,11H,1-4,7-10,17H2. The Kier molecular flexibility index (Phi) is 5.05. The van der Waals surface area contributed by atoms with Crippen LogP contribution < -0.4 is 10.5 Å². The van der Waals surface area contributed by atoms with Crippen molar-refractivity contribution in [3.05, 3.63) is 23.8 Å². The smallest absolute Gasteiger partial charge is 0.139 e. The van der Waals surface area contributed by atoms with Crippen LogP contribution >= 0.6 is 0 Å². The lowest BCUT2D eigenvalue weighted by molar-refractivity contribution is 0.205. The minimum absolute atomic E-state index is 0.548. The fraction of sp³-hybridized carbons (Fsp3) is 0.533. The van der Waals surface area contributed by atoms with Gasteiger partial charge in [-0.3, -0.25) is 0 Å². The second-order valence-electron chi connectivity index (χ2n) is 4.97. The largest absolute Gasteiger partial charge is 0.492 e. The highest BCUT2D eigenvalue weighted by atomic mass is 16.5. The monoisotopic (exact) mass is 259 g/mol. The topological polar surface area (TPSA) is 62.3 Å². The summed E-state index contributed by atoms with van der Waals surface area (Å²) in [6, 6.07) is 7.27. The zero-order chi connectivity index (χ0) is 13.5. The van der Waals surface area contributed by atoms with Crippen LogP contribution in [-0.2, 0) is 0 Å². The maximum atomic E-state index is 8.99. The first kappa shape index (κ1) is 13.7. The predicted octanol–water partition coefficient (Wildman–Crippen LogP) is 2.40. The minimum atomic E-state index is 0.548. The van der Waals surface area contributed by atoms with E-state index in [1.807, 2.05) is 0 Å². The van der Waals surface area contributed by atoms with Crippen LogP contribution in [0.25, 0.3) is 0 Å². The molecule has 1 aliphatic heterocycles. The Morgan fingerprint density at radius 3 is 2.79 bits per heavy atom. The van der Waals surface area contributed by atoms with Gasteiger partial charge in [0.15, 0.2) is 0 Å². The van der Waals surface area contributed by atoms with Crippen LogP contribution in [0.5, 0.6) is 5.75 Å². The Hall–Kier alpha value is -1.73. The molecule has 102 valence electrons. The van der Waals surface area contributed by atoms with E-state index in [1.165, 1.54) is 32.4 Å².